The molecule has 0 bridgehead atoms. The second kappa shape index (κ2) is 15.0. The van der Waals surface area contributed by atoms with Gasteiger partial charge in [-0.05, 0) is 35.7 Å². The van der Waals surface area contributed by atoms with Gasteiger partial charge in [-0.3, -0.25) is 0 Å². The van der Waals surface area contributed by atoms with E-state index in [0.717, 1.165) is 23.6 Å². The van der Waals surface area contributed by atoms with Crippen LogP contribution in [0.4, 0.5) is 0 Å². The molecular formula is C32H36O14. The number of esters is 1. The Morgan fingerprint density at radius 1 is 0.848 bits per heavy atom. The van der Waals surface area contributed by atoms with E-state index in [1.807, 2.05) is 31.2 Å². The SMILES string of the molecule is CCc1cccc(CCOc2c(O)c(OC)cc(C(=O)OCC3OC(Oc4ccc(C(=O)O)cc4OC)C(O)C(O)C3O)c2O)c1. The van der Waals surface area contributed by atoms with Crippen LogP contribution in [0.15, 0.2) is 48.5 Å². The van der Waals surface area contributed by atoms with Crippen molar-refractivity contribution in [1.29, 1.82) is 0 Å². The minimum absolute atomic E-state index is 0.0106. The normalized spacial score (nSPS) is 20.9. The summed E-state index contributed by atoms with van der Waals surface area (Å²) in [5.41, 5.74) is 1.58. The van der Waals surface area contributed by atoms with Crippen LogP contribution in [0, 0.1) is 0 Å². The molecule has 0 amide bonds. The standard InChI is InChI=1S/C32H36O14/c1-4-16-6-5-7-17(12-16)10-11-43-29-24(33)19(14-22(42-3)26(29)35)31(40)44-15-23-25(34)27(36)28(37)32(46-23)45-20-9-8-18(30(38)39)13-21(20)41-2/h5-9,12-14,23,25,27-28,32-37H,4,10-11,15H2,1-3H3,(H,38,39). The first-order valence-corrected chi connectivity index (χ1v) is 14.3. The minimum atomic E-state index is -1.80. The Hall–Kier alpha value is -4.76. The molecule has 0 radical (unpaired) electrons. The van der Waals surface area contributed by atoms with Crippen molar-refractivity contribution in [3.05, 3.63) is 70.8 Å². The molecule has 5 unspecified atom stereocenters. The number of aromatic carboxylic acids is 1. The number of phenols is 2. The van der Waals surface area contributed by atoms with Gasteiger partial charge >= 0.3 is 11.9 Å². The van der Waals surface area contributed by atoms with Gasteiger partial charge in [-0.2, -0.15) is 0 Å². The smallest absolute Gasteiger partial charge is 0.342 e. The third-order valence-electron chi connectivity index (χ3n) is 7.37. The lowest BCUT2D eigenvalue weighted by molar-refractivity contribution is -0.277. The lowest BCUT2D eigenvalue weighted by Gasteiger charge is -2.40. The zero-order valence-electron chi connectivity index (χ0n) is 25.3. The van der Waals surface area contributed by atoms with E-state index >= 15 is 0 Å². The molecule has 1 fully saturated rings. The maximum absolute atomic E-state index is 13.1. The summed E-state index contributed by atoms with van der Waals surface area (Å²) in [4.78, 5) is 24.4. The lowest BCUT2D eigenvalue weighted by Crippen LogP contribution is -2.60. The Morgan fingerprint density at radius 2 is 1.57 bits per heavy atom. The van der Waals surface area contributed by atoms with Crippen LogP contribution in [-0.4, -0.2) is 101 Å². The van der Waals surface area contributed by atoms with E-state index in [9.17, 15) is 40.2 Å². The van der Waals surface area contributed by atoms with Crippen molar-refractivity contribution in [1.82, 2.24) is 0 Å². The monoisotopic (exact) mass is 644 g/mol. The van der Waals surface area contributed by atoms with Gasteiger partial charge in [0, 0.05) is 12.5 Å². The van der Waals surface area contributed by atoms with E-state index in [-0.39, 0.29) is 29.4 Å². The number of ether oxygens (including phenoxy) is 6. The first-order valence-electron chi connectivity index (χ1n) is 14.3. The van der Waals surface area contributed by atoms with Crippen LogP contribution >= 0.6 is 0 Å². The second-order valence-electron chi connectivity index (χ2n) is 10.3. The van der Waals surface area contributed by atoms with Crippen LogP contribution in [0.3, 0.4) is 0 Å². The van der Waals surface area contributed by atoms with Crippen LogP contribution in [0.5, 0.6) is 34.5 Å². The van der Waals surface area contributed by atoms with Crippen LogP contribution in [0.25, 0.3) is 0 Å². The average molecular weight is 645 g/mol. The van der Waals surface area contributed by atoms with Crippen LogP contribution < -0.4 is 18.9 Å². The largest absolute Gasteiger partial charge is 0.504 e. The maximum atomic E-state index is 13.1. The summed E-state index contributed by atoms with van der Waals surface area (Å²) in [6, 6.07) is 12.5. The fraction of sp³-hybridized carbons (Fsp3) is 0.375. The van der Waals surface area contributed by atoms with Crippen LogP contribution in [-0.2, 0) is 22.3 Å². The first-order chi connectivity index (χ1) is 22.0. The number of methoxy groups -OCH3 is 2. The molecule has 248 valence electrons. The number of carboxylic acids is 1. The fourth-order valence-corrected chi connectivity index (χ4v) is 4.75. The maximum Gasteiger partial charge on any atom is 0.342 e. The van der Waals surface area contributed by atoms with Gasteiger partial charge in [0.25, 0.3) is 0 Å². The number of carbonyl (C=O) groups excluding carboxylic acids is 1. The molecule has 14 nitrogen and oxygen atoms in total. The van der Waals surface area contributed by atoms with E-state index < -0.39 is 72.1 Å². The molecule has 0 aliphatic carbocycles. The molecule has 46 heavy (non-hydrogen) atoms. The molecule has 0 aromatic heterocycles. The molecule has 3 aromatic carbocycles. The molecule has 6 N–H and O–H groups in total. The van der Waals surface area contributed by atoms with Gasteiger partial charge < -0.3 is 59.1 Å². The third kappa shape index (κ3) is 7.54. The van der Waals surface area contributed by atoms with Crippen molar-refractivity contribution in [2.75, 3.05) is 27.4 Å². The van der Waals surface area contributed by atoms with E-state index in [2.05, 4.69) is 0 Å². The van der Waals surface area contributed by atoms with Crippen molar-refractivity contribution in [2.45, 2.75) is 50.5 Å². The zero-order valence-corrected chi connectivity index (χ0v) is 25.3. The van der Waals surface area contributed by atoms with Crippen molar-refractivity contribution < 1.29 is 68.6 Å². The molecule has 0 saturated carbocycles. The highest BCUT2D eigenvalue weighted by Crippen LogP contribution is 2.46. The van der Waals surface area contributed by atoms with Gasteiger partial charge in [0.2, 0.25) is 17.8 Å². The highest BCUT2D eigenvalue weighted by molar-refractivity contribution is 5.95. The quantitative estimate of drug-likeness (QED) is 0.147. The number of carboxylic acid groups (broad SMARTS) is 1. The number of hydrogen-bond donors (Lipinski definition) is 6. The molecule has 1 aliphatic heterocycles. The van der Waals surface area contributed by atoms with Crippen molar-refractivity contribution in [3.63, 3.8) is 0 Å². The number of benzene rings is 3. The van der Waals surface area contributed by atoms with Gasteiger partial charge in [0.1, 0.15) is 36.6 Å². The van der Waals surface area contributed by atoms with Gasteiger partial charge in [-0.15, -0.1) is 0 Å². The number of phenolic OH excluding ortho intramolecular Hbond substituents is 2. The van der Waals surface area contributed by atoms with Crippen LogP contribution in [0.2, 0.25) is 0 Å². The van der Waals surface area contributed by atoms with E-state index in [4.69, 9.17) is 28.4 Å². The number of aliphatic hydroxyl groups excluding tert-OH is 3. The van der Waals surface area contributed by atoms with Crippen molar-refractivity contribution >= 4 is 11.9 Å². The summed E-state index contributed by atoms with van der Waals surface area (Å²) >= 11 is 0. The fourth-order valence-electron chi connectivity index (χ4n) is 4.75. The number of aryl methyl sites for hydroxylation is 1. The highest BCUT2D eigenvalue weighted by atomic mass is 16.7. The summed E-state index contributed by atoms with van der Waals surface area (Å²) in [7, 11) is 2.51. The lowest BCUT2D eigenvalue weighted by atomic mass is 9.99. The Balaban J connectivity index is 1.46. The molecule has 1 heterocycles. The topological polar surface area (TPSA) is 211 Å². The van der Waals surface area contributed by atoms with Crippen molar-refractivity contribution in [2.24, 2.45) is 0 Å². The summed E-state index contributed by atoms with van der Waals surface area (Å²) < 4.78 is 32.4. The minimum Gasteiger partial charge on any atom is -0.504 e. The molecule has 3 aromatic rings. The Morgan fingerprint density at radius 3 is 2.24 bits per heavy atom. The third-order valence-corrected chi connectivity index (χ3v) is 7.37. The number of carbonyl (C=O) groups is 2. The van der Waals surface area contributed by atoms with E-state index in [1.165, 1.54) is 32.4 Å². The van der Waals surface area contributed by atoms with E-state index in [1.54, 1.807) is 0 Å². The Labute approximate surface area is 263 Å². The van der Waals surface area contributed by atoms with E-state index in [0.29, 0.717) is 6.42 Å². The summed E-state index contributed by atoms with van der Waals surface area (Å²) in [5, 5.41) is 62.1. The number of aromatic hydroxyl groups is 2. The zero-order chi connectivity index (χ0) is 33.5. The highest BCUT2D eigenvalue weighted by Gasteiger charge is 2.46. The molecule has 14 heteroatoms. The Bertz CT molecular complexity index is 1540. The molecular weight excluding hydrogens is 608 g/mol. The predicted octanol–water partition coefficient (Wildman–Crippen LogP) is 2.04. The second-order valence-corrected chi connectivity index (χ2v) is 10.3. The summed E-state index contributed by atoms with van der Waals surface area (Å²) in [6.07, 6.45) is -7.03. The first kappa shape index (κ1) is 34.1. The molecule has 4 rings (SSSR count). The molecule has 0 spiro atoms. The number of hydrogen-bond acceptors (Lipinski definition) is 13. The predicted molar refractivity (Wildman–Crippen MR) is 159 cm³/mol. The summed E-state index contributed by atoms with van der Waals surface area (Å²) in [6.45, 7) is 1.40. The van der Waals surface area contributed by atoms with Gasteiger partial charge in [0.15, 0.2) is 23.0 Å². The number of aliphatic hydroxyl groups is 3. The molecule has 5 atom stereocenters. The number of rotatable bonds is 13. The average Bonchev–Trinajstić information content (AvgIpc) is 3.05. The molecule has 1 aliphatic rings. The van der Waals surface area contributed by atoms with Gasteiger partial charge in [-0.1, -0.05) is 31.2 Å². The molecule has 1 saturated heterocycles. The van der Waals surface area contributed by atoms with Gasteiger partial charge in [0.05, 0.1) is 26.4 Å². The Kier molecular flexibility index (Phi) is 11.1. The summed E-state index contributed by atoms with van der Waals surface area (Å²) in [5.74, 6) is -4.22. The van der Waals surface area contributed by atoms with Gasteiger partial charge in [-0.25, -0.2) is 9.59 Å². The van der Waals surface area contributed by atoms with Crippen molar-refractivity contribution in [3.8, 4) is 34.5 Å². The van der Waals surface area contributed by atoms with Crippen LogP contribution in [0.1, 0.15) is 38.8 Å².